The van der Waals surface area contributed by atoms with Gasteiger partial charge in [0.25, 0.3) is 0 Å². The summed E-state index contributed by atoms with van der Waals surface area (Å²) < 4.78 is 0. The molecular formula is C22H36ClN3O2. The van der Waals surface area contributed by atoms with Crippen LogP contribution in [0.4, 0.5) is 0 Å². The van der Waals surface area contributed by atoms with E-state index in [0.717, 1.165) is 18.4 Å². The summed E-state index contributed by atoms with van der Waals surface area (Å²) in [5, 5.41) is 5.67. The van der Waals surface area contributed by atoms with Crippen molar-refractivity contribution in [2.45, 2.75) is 77.3 Å². The predicted molar refractivity (Wildman–Crippen MR) is 117 cm³/mol. The third-order valence-corrected chi connectivity index (χ3v) is 5.50. The van der Waals surface area contributed by atoms with E-state index in [-0.39, 0.29) is 30.3 Å². The van der Waals surface area contributed by atoms with Gasteiger partial charge >= 0.3 is 0 Å². The highest BCUT2D eigenvalue weighted by atomic mass is 35.5. The van der Waals surface area contributed by atoms with Crippen molar-refractivity contribution in [2.75, 3.05) is 6.54 Å². The number of hydrogen-bond donors (Lipinski definition) is 3. The maximum absolute atomic E-state index is 12.3. The van der Waals surface area contributed by atoms with Crippen molar-refractivity contribution in [3.05, 3.63) is 35.4 Å². The van der Waals surface area contributed by atoms with E-state index in [1.165, 1.54) is 24.8 Å². The Morgan fingerprint density at radius 3 is 2.18 bits per heavy atom. The second-order valence-corrected chi connectivity index (χ2v) is 8.17. The minimum Gasteiger partial charge on any atom is -0.352 e. The van der Waals surface area contributed by atoms with Crippen molar-refractivity contribution in [3.63, 3.8) is 0 Å². The van der Waals surface area contributed by atoms with Gasteiger partial charge in [0.15, 0.2) is 0 Å². The Bertz CT molecular complexity index is 613. The minimum atomic E-state index is -0.545. The average Bonchev–Trinajstić information content (AvgIpc) is 2.66. The van der Waals surface area contributed by atoms with Gasteiger partial charge in [-0.15, -0.1) is 12.4 Å². The van der Waals surface area contributed by atoms with Gasteiger partial charge < -0.3 is 16.4 Å². The van der Waals surface area contributed by atoms with Crippen molar-refractivity contribution in [3.8, 4) is 0 Å². The Morgan fingerprint density at radius 2 is 1.61 bits per heavy atom. The number of nitrogens with two attached hydrogens (primary N) is 1. The van der Waals surface area contributed by atoms with Crippen LogP contribution in [0.2, 0.25) is 0 Å². The van der Waals surface area contributed by atoms with Gasteiger partial charge in [-0.2, -0.15) is 0 Å². The van der Waals surface area contributed by atoms with Crippen LogP contribution in [0.1, 0.15) is 82.4 Å². The molecule has 0 heterocycles. The quantitative estimate of drug-likeness (QED) is 0.610. The number of rotatable bonds is 8. The smallest absolute Gasteiger partial charge is 0.242 e. The summed E-state index contributed by atoms with van der Waals surface area (Å²) in [5.74, 6) is 0.726. The number of halogens is 1. The molecule has 0 aromatic heterocycles. The number of carbonyl (C=O) groups excluding carboxylic acids is 2. The zero-order valence-corrected chi connectivity index (χ0v) is 18.2. The van der Waals surface area contributed by atoms with Gasteiger partial charge in [-0.1, -0.05) is 57.4 Å². The van der Waals surface area contributed by atoms with Crippen LogP contribution in [0.5, 0.6) is 0 Å². The van der Waals surface area contributed by atoms with Crippen molar-refractivity contribution < 1.29 is 9.59 Å². The molecule has 158 valence electrons. The first kappa shape index (κ1) is 24.4. The largest absolute Gasteiger partial charge is 0.352 e. The normalized spacial score (nSPS) is 16.8. The van der Waals surface area contributed by atoms with Gasteiger partial charge in [0.2, 0.25) is 11.8 Å². The van der Waals surface area contributed by atoms with Crippen LogP contribution in [0.15, 0.2) is 24.3 Å². The van der Waals surface area contributed by atoms with E-state index < -0.39 is 6.04 Å². The molecule has 1 aliphatic carbocycles. The number of carbonyl (C=O) groups is 2. The molecule has 2 amide bonds. The number of benzene rings is 1. The number of amides is 2. The Labute approximate surface area is 175 Å². The van der Waals surface area contributed by atoms with Crippen LogP contribution in [-0.2, 0) is 9.59 Å². The lowest BCUT2D eigenvalue weighted by Crippen LogP contribution is -2.46. The molecule has 1 fully saturated rings. The minimum absolute atomic E-state index is 0. The monoisotopic (exact) mass is 409 g/mol. The molecule has 1 aliphatic rings. The van der Waals surface area contributed by atoms with E-state index in [0.29, 0.717) is 24.8 Å². The zero-order chi connectivity index (χ0) is 19.8. The van der Waals surface area contributed by atoms with Crippen molar-refractivity contribution in [1.29, 1.82) is 0 Å². The molecule has 2 rings (SSSR count). The van der Waals surface area contributed by atoms with Gasteiger partial charge in [0.05, 0.1) is 0 Å². The van der Waals surface area contributed by atoms with Gasteiger partial charge in [-0.25, -0.2) is 0 Å². The van der Waals surface area contributed by atoms with E-state index in [1.807, 2.05) is 12.1 Å². The standard InChI is InChI=1S/C22H35N3O2.ClH/c1-15(2)18-9-11-19(12-10-18)20(23)14-24-22(27)16(3)25-21(26)13-17-7-5-4-6-8-17;/h9-12,15-17,20H,4-8,13-14,23H2,1-3H3,(H,24,27)(H,25,26);1H. The fourth-order valence-corrected chi connectivity index (χ4v) is 3.63. The van der Waals surface area contributed by atoms with Gasteiger partial charge in [0.1, 0.15) is 6.04 Å². The fourth-order valence-electron chi connectivity index (χ4n) is 3.63. The molecule has 2 unspecified atom stereocenters. The number of hydrogen-bond acceptors (Lipinski definition) is 3. The second-order valence-electron chi connectivity index (χ2n) is 8.17. The van der Waals surface area contributed by atoms with E-state index in [2.05, 4.69) is 36.6 Å². The highest BCUT2D eigenvalue weighted by molar-refractivity contribution is 5.87. The molecule has 0 aliphatic heterocycles. The molecule has 0 spiro atoms. The molecular weight excluding hydrogens is 374 g/mol. The molecule has 4 N–H and O–H groups in total. The lowest BCUT2D eigenvalue weighted by molar-refractivity contribution is -0.129. The topological polar surface area (TPSA) is 84.2 Å². The SMILES string of the molecule is CC(NC(=O)CC1CCCCC1)C(=O)NCC(N)c1ccc(C(C)C)cc1.Cl. The highest BCUT2D eigenvalue weighted by Gasteiger charge is 2.20. The van der Waals surface area contributed by atoms with Crippen LogP contribution in [0.3, 0.4) is 0 Å². The van der Waals surface area contributed by atoms with Crippen LogP contribution >= 0.6 is 12.4 Å². The van der Waals surface area contributed by atoms with Crippen LogP contribution in [0.25, 0.3) is 0 Å². The fraction of sp³-hybridized carbons (Fsp3) is 0.636. The van der Waals surface area contributed by atoms with Crippen molar-refractivity contribution in [2.24, 2.45) is 11.7 Å². The Hall–Kier alpha value is -1.59. The molecule has 5 nitrogen and oxygen atoms in total. The molecule has 1 aromatic rings. The molecule has 2 atom stereocenters. The van der Waals surface area contributed by atoms with Crippen molar-refractivity contribution >= 4 is 24.2 Å². The molecule has 1 saturated carbocycles. The van der Waals surface area contributed by atoms with Gasteiger partial charge in [0, 0.05) is 19.0 Å². The Balaban J connectivity index is 0.00000392. The first-order chi connectivity index (χ1) is 12.9. The second kappa shape index (κ2) is 12.1. The zero-order valence-electron chi connectivity index (χ0n) is 17.4. The summed E-state index contributed by atoms with van der Waals surface area (Å²) in [4.78, 5) is 24.4. The van der Waals surface area contributed by atoms with Crippen LogP contribution in [-0.4, -0.2) is 24.4 Å². The molecule has 0 radical (unpaired) electrons. The van der Waals surface area contributed by atoms with Crippen molar-refractivity contribution in [1.82, 2.24) is 10.6 Å². The first-order valence-corrected chi connectivity index (χ1v) is 10.3. The van der Waals surface area contributed by atoms with E-state index >= 15 is 0 Å². The molecule has 28 heavy (non-hydrogen) atoms. The van der Waals surface area contributed by atoms with E-state index in [4.69, 9.17) is 5.73 Å². The van der Waals surface area contributed by atoms with Gasteiger partial charge in [-0.05, 0) is 42.7 Å². The summed E-state index contributed by atoms with van der Waals surface area (Å²) in [7, 11) is 0. The third kappa shape index (κ3) is 7.80. The lowest BCUT2D eigenvalue weighted by Gasteiger charge is -2.22. The Kier molecular flexibility index (Phi) is 10.5. The molecule has 1 aromatic carbocycles. The Morgan fingerprint density at radius 1 is 1.04 bits per heavy atom. The third-order valence-electron chi connectivity index (χ3n) is 5.50. The summed E-state index contributed by atoms with van der Waals surface area (Å²) >= 11 is 0. The summed E-state index contributed by atoms with van der Waals surface area (Å²) in [6, 6.07) is 7.38. The molecule has 0 saturated heterocycles. The molecule has 0 bridgehead atoms. The summed E-state index contributed by atoms with van der Waals surface area (Å²) in [6.07, 6.45) is 6.47. The first-order valence-electron chi connectivity index (χ1n) is 10.3. The van der Waals surface area contributed by atoms with E-state index in [1.54, 1.807) is 6.92 Å². The molecule has 6 heteroatoms. The lowest BCUT2D eigenvalue weighted by atomic mass is 9.87. The maximum atomic E-state index is 12.3. The van der Waals surface area contributed by atoms with E-state index in [9.17, 15) is 9.59 Å². The van der Waals surface area contributed by atoms with Crippen LogP contribution < -0.4 is 16.4 Å². The summed E-state index contributed by atoms with van der Waals surface area (Å²) in [6.45, 7) is 6.37. The summed E-state index contributed by atoms with van der Waals surface area (Å²) in [5.41, 5.74) is 8.45. The predicted octanol–water partition coefficient (Wildman–Crippen LogP) is 3.82. The number of nitrogens with one attached hydrogen (secondary N) is 2. The average molecular weight is 410 g/mol. The highest BCUT2D eigenvalue weighted by Crippen LogP contribution is 2.26. The van der Waals surface area contributed by atoms with Crippen LogP contribution in [0, 0.1) is 5.92 Å². The maximum Gasteiger partial charge on any atom is 0.242 e. The van der Waals surface area contributed by atoms with Gasteiger partial charge in [-0.3, -0.25) is 9.59 Å².